The molecule has 0 fully saturated rings. The molecule has 2 rings (SSSR count). The van der Waals surface area contributed by atoms with Gasteiger partial charge in [-0.15, -0.1) is 0 Å². The van der Waals surface area contributed by atoms with E-state index in [1.54, 1.807) is 6.92 Å². The Balaban J connectivity index is 2.56. The number of hydrogen-bond acceptors (Lipinski definition) is 3. The van der Waals surface area contributed by atoms with Crippen LogP contribution in [-0.2, 0) is 6.18 Å². The van der Waals surface area contributed by atoms with Gasteiger partial charge in [-0.2, -0.15) is 13.2 Å². The lowest BCUT2D eigenvalue weighted by atomic mass is 10.1. The Bertz CT molecular complexity index is 653. The number of aryl methyl sites for hydroxylation is 1. The van der Waals surface area contributed by atoms with Gasteiger partial charge < -0.3 is 5.32 Å². The van der Waals surface area contributed by atoms with E-state index in [0.29, 0.717) is 17.7 Å². The molecule has 0 aliphatic heterocycles. The van der Waals surface area contributed by atoms with Crippen LogP contribution in [0.4, 0.5) is 23.4 Å². The van der Waals surface area contributed by atoms with Gasteiger partial charge in [0.2, 0.25) is 5.82 Å². The minimum absolute atomic E-state index is 0.0804. The van der Waals surface area contributed by atoms with Crippen LogP contribution in [0.5, 0.6) is 0 Å². The van der Waals surface area contributed by atoms with Crippen LogP contribution >= 0.6 is 0 Å². The first-order chi connectivity index (χ1) is 9.81. The molecule has 0 bridgehead atoms. The van der Waals surface area contributed by atoms with E-state index in [1.165, 1.54) is 31.2 Å². The van der Waals surface area contributed by atoms with Gasteiger partial charge >= 0.3 is 6.18 Å². The summed E-state index contributed by atoms with van der Waals surface area (Å²) in [6.45, 7) is 3.71. The third-order valence-electron chi connectivity index (χ3n) is 2.79. The SMILES string of the molecule is CCNc1cc(-c2ccc(F)c(C)c2)nc(C(F)(F)F)n1. The van der Waals surface area contributed by atoms with E-state index in [1.807, 2.05) is 0 Å². The predicted molar refractivity (Wildman–Crippen MR) is 71.3 cm³/mol. The van der Waals surface area contributed by atoms with Crippen LogP contribution in [0.2, 0.25) is 0 Å². The molecule has 1 heterocycles. The topological polar surface area (TPSA) is 37.8 Å². The summed E-state index contributed by atoms with van der Waals surface area (Å²) in [5.74, 6) is -1.56. The first kappa shape index (κ1) is 15.2. The third-order valence-corrected chi connectivity index (χ3v) is 2.79. The van der Waals surface area contributed by atoms with Crippen LogP contribution in [0.15, 0.2) is 24.3 Å². The molecule has 0 radical (unpaired) electrons. The van der Waals surface area contributed by atoms with Crippen molar-refractivity contribution in [2.45, 2.75) is 20.0 Å². The molecule has 1 aromatic heterocycles. The van der Waals surface area contributed by atoms with Gasteiger partial charge in [0.15, 0.2) is 0 Å². The highest BCUT2D eigenvalue weighted by Crippen LogP contribution is 2.30. The number of anilines is 1. The van der Waals surface area contributed by atoms with E-state index in [0.717, 1.165) is 0 Å². The second-order valence-electron chi connectivity index (χ2n) is 4.45. The summed E-state index contributed by atoms with van der Waals surface area (Å²) in [5, 5.41) is 2.73. The Hall–Kier alpha value is -2.18. The summed E-state index contributed by atoms with van der Waals surface area (Å²) < 4.78 is 51.8. The smallest absolute Gasteiger partial charge is 0.370 e. The van der Waals surface area contributed by atoms with Crippen molar-refractivity contribution in [1.82, 2.24) is 9.97 Å². The zero-order valence-electron chi connectivity index (χ0n) is 11.4. The number of nitrogens with one attached hydrogen (secondary N) is 1. The molecule has 0 amide bonds. The number of rotatable bonds is 3. The monoisotopic (exact) mass is 299 g/mol. The number of aromatic nitrogens is 2. The molecular formula is C14H13F4N3. The first-order valence-corrected chi connectivity index (χ1v) is 6.28. The molecular weight excluding hydrogens is 286 g/mol. The lowest BCUT2D eigenvalue weighted by Crippen LogP contribution is -2.13. The summed E-state index contributed by atoms with van der Waals surface area (Å²) in [4.78, 5) is 6.97. The Morgan fingerprint density at radius 2 is 1.86 bits per heavy atom. The maximum Gasteiger partial charge on any atom is 0.451 e. The van der Waals surface area contributed by atoms with E-state index in [2.05, 4.69) is 15.3 Å². The van der Waals surface area contributed by atoms with E-state index >= 15 is 0 Å². The molecule has 0 atom stereocenters. The molecule has 21 heavy (non-hydrogen) atoms. The Morgan fingerprint density at radius 3 is 2.43 bits per heavy atom. The Morgan fingerprint density at radius 1 is 1.14 bits per heavy atom. The lowest BCUT2D eigenvalue weighted by Gasteiger charge is -2.11. The van der Waals surface area contributed by atoms with Crippen molar-refractivity contribution < 1.29 is 17.6 Å². The van der Waals surface area contributed by atoms with Gasteiger partial charge in [0.1, 0.15) is 11.6 Å². The van der Waals surface area contributed by atoms with E-state index < -0.39 is 17.8 Å². The molecule has 0 unspecified atom stereocenters. The van der Waals surface area contributed by atoms with Gasteiger partial charge in [-0.3, -0.25) is 0 Å². The number of benzene rings is 1. The number of halogens is 4. The molecule has 112 valence electrons. The van der Waals surface area contributed by atoms with Gasteiger partial charge in [-0.1, -0.05) is 0 Å². The van der Waals surface area contributed by atoms with Crippen LogP contribution in [-0.4, -0.2) is 16.5 Å². The van der Waals surface area contributed by atoms with Gasteiger partial charge in [0.05, 0.1) is 5.69 Å². The van der Waals surface area contributed by atoms with Crippen molar-refractivity contribution in [3.8, 4) is 11.3 Å². The standard InChI is InChI=1S/C14H13F4N3/c1-3-19-12-7-11(20-13(21-12)14(16,17)18)9-4-5-10(15)8(2)6-9/h4-7H,3H2,1-2H3,(H,19,20,21). The minimum Gasteiger partial charge on any atom is -0.370 e. The molecule has 7 heteroatoms. The predicted octanol–water partition coefficient (Wildman–Crippen LogP) is 4.04. The minimum atomic E-state index is -4.64. The highest BCUT2D eigenvalue weighted by Gasteiger charge is 2.35. The number of alkyl halides is 3. The van der Waals surface area contributed by atoms with Crippen molar-refractivity contribution >= 4 is 5.82 Å². The zero-order chi connectivity index (χ0) is 15.6. The molecule has 0 spiro atoms. The fraction of sp³-hybridized carbons (Fsp3) is 0.286. The van der Waals surface area contributed by atoms with Gasteiger partial charge in [0.25, 0.3) is 0 Å². The second kappa shape index (κ2) is 5.67. The molecule has 2 aromatic rings. The van der Waals surface area contributed by atoms with Crippen molar-refractivity contribution in [3.05, 3.63) is 41.5 Å². The quantitative estimate of drug-likeness (QED) is 0.869. The van der Waals surface area contributed by atoms with Crippen LogP contribution in [0.25, 0.3) is 11.3 Å². The normalized spacial score (nSPS) is 11.5. The highest BCUT2D eigenvalue weighted by molar-refractivity contribution is 5.63. The van der Waals surface area contributed by atoms with Crippen LogP contribution in [0, 0.1) is 12.7 Å². The summed E-state index contributed by atoms with van der Waals surface area (Å²) in [6.07, 6.45) is -4.64. The fourth-order valence-electron chi connectivity index (χ4n) is 1.80. The van der Waals surface area contributed by atoms with Gasteiger partial charge in [0, 0.05) is 18.2 Å². The Kier molecular flexibility index (Phi) is 4.11. The summed E-state index contributed by atoms with van der Waals surface area (Å²) in [6, 6.07) is 5.45. The molecule has 0 aliphatic carbocycles. The van der Waals surface area contributed by atoms with Crippen LogP contribution in [0.3, 0.4) is 0 Å². The molecule has 0 saturated heterocycles. The lowest BCUT2D eigenvalue weighted by molar-refractivity contribution is -0.144. The van der Waals surface area contributed by atoms with E-state index in [4.69, 9.17) is 0 Å². The summed E-state index contributed by atoms with van der Waals surface area (Å²) in [5.41, 5.74) is 0.835. The van der Waals surface area contributed by atoms with Gasteiger partial charge in [-0.05, 0) is 37.6 Å². The average molecular weight is 299 g/mol. The second-order valence-corrected chi connectivity index (χ2v) is 4.45. The van der Waals surface area contributed by atoms with Gasteiger partial charge in [-0.25, -0.2) is 14.4 Å². The maximum atomic E-state index is 13.3. The molecule has 1 N–H and O–H groups in total. The van der Waals surface area contributed by atoms with Crippen LogP contribution in [0.1, 0.15) is 18.3 Å². The molecule has 0 saturated carbocycles. The van der Waals surface area contributed by atoms with Crippen molar-refractivity contribution in [1.29, 1.82) is 0 Å². The summed E-state index contributed by atoms with van der Waals surface area (Å²) in [7, 11) is 0. The largest absolute Gasteiger partial charge is 0.451 e. The molecule has 1 aromatic carbocycles. The highest BCUT2D eigenvalue weighted by atomic mass is 19.4. The van der Waals surface area contributed by atoms with E-state index in [-0.39, 0.29) is 11.5 Å². The van der Waals surface area contributed by atoms with Crippen LogP contribution < -0.4 is 5.32 Å². The maximum absolute atomic E-state index is 13.3. The first-order valence-electron chi connectivity index (χ1n) is 6.28. The van der Waals surface area contributed by atoms with Crippen molar-refractivity contribution in [3.63, 3.8) is 0 Å². The summed E-state index contributed by atoms with van der Waals surface area (Å²) >= 11 is 0. The van der Waals surface area contributed by atoms with Crippen molar-refractivity contribution in [2.24, 2.45) is 0 Å². The average Bonchev–Trinajstić information content (AvgIpc) is 2.41. The number of hydrogen-bond donors (Lipinski definition) is 1. The van der Waals surface area contributed by atoms with Crippen molar-refractivity contribution in [2.75, 3.05) is 11.9 Å². The van der Waals surface area contributed by atoms with E-state index in [9.17, 15) is 17.6 Å². The molecule has 3 nitrogen and oxygen atoms in total. The fourth-order valence-corrected chi connectivity index (χ4v) is 1.80. The third kappa shape index (κ3) is 3.48. The Labute approximate surface area is 119 Å². The number of nitrogens with zero attached hydrogens (tertiary/aromatic N) is 2. The molecule has 0 aliphatic rings. The zero-order valence-corrected chi connectivity index (χ0v) is 11.4.